The molecule has 44 heavy (non-hydrogen) atoms. The van der Waals surface area contributed by atoms with Gasteiger partial charge in [-0.1, -0.05) is 12.1 Å². The lowest BCUT2D eigenvalue weighted by Gasteiger charge is -2.14. The van der Waals surface area contributed by atoms with Crippen molar-refractivity contribution in [3.05, 3.63) is 90.3 Å². The summed E-state index contributed by atoms with van der Waals surface area (Å²) < 4.78 is 56.1. The second kappa shape index (κ2) is 14.1. The predicted molar refractivity (Wildman–Crippen MR) is 157 cm³/mol. The first kappa shape index (κ1) is 30.7. The van der Waals surface area contributed by atoms with Gasteiger partial charge in [-0.2, -0.15) is 0 Å². The van der Waals surface area contributed by atoms with Gasteiger partial charge in [-0.25, -0.2) is 9.97 Å². The molecule has 0 radical (unpaired) electrons. The molecule has 3 N–H and O–H groups in total. The number of benzene rings is 2. The van der Waals surface area contributed by atoms with E-state index in [2.05, 4.69) is 25.0 Å². The van der Waals surface area contributed by atoms with Crippen molar-refractivity contribution in [1.29, 1.82) is 0 Å². The summed E-state index contributed by atoms with van der Waals surface area (Å²) in [6.45, 7) is 2.59. The molecule has 13 heteroatoms. The molecule has 0 saturated heterocycles. The van der Waals surface area contributed by atoms with E-state index in [0.29, 0.717) is 60.9 Å². The van der Waals surface area contributed by atoms with Gasteiger partial charge in [0.15, 0.2) is 0 Å². The lowest BCUT2D eigenvalue weighted by molar-refractivity contribution is -0.274. The van der Waals surface area contributed by atoms with Crippen LogP contribution in [0.15, 0.2) is 73.6 Å². The number of primary amides is 1. The number of nitrogens with zero attached hydrogens (tertiary/aromatic N) is 4. The Hall–Kier alpha value is -4.75. The Morgan fingerprint density at radius 1 is 0.932 bits per heavy atom. The summed E-state index contributed by atoms with van der Waals surface area (Å²) in [5.74, 6) is -0.366. The fourth-order valence-electron chi connectivity index (χ4n) is 4.77. The highest BCUT2D eigenvalue weighted by Gasteiger charge is 2.31. The van der Waals surface area contributed by atoms with Crippen molar-refractivity contribution in [2.75, 3.05) is 26.4 Å². The van der Waals surface area contributed by atoms with E-state index in [1.165, 1.54) is 12.1 Å². The molecule has 0 atom stereocenters. The van der Waals surface area contributed by atoms with E-state index >= 15 is 0 Å². The Balaban J connectivity index is 1.05. The van der Waals surface area contributed by atoms with Crippen LogP contribution in [-0.2, 0) is 17.8 Å². The van der Waals surface area contributed by atoms with Crippen LogP contribution in [0.1, 0.15) is 34.3 Å². The molecule has 5 rings (SSSR count). The lowest BCUT2D eigenvalue weighted by Crippen LogP contribution is -2.19. The normalized spacial score (nSPS) is 11.7. The Kier molecular flexibility index (Phi) is 9.87. The Morgan fingerprint density at radius 3 is 2.59 bits per heavy atom. The number of unbranched alkanes of at least 4 members (excludes halogenated alkanes) is 1. The first-order valence-electron chi connectivity index (χ1n) is 14.0. The molecule has 0 spiro atoms. The Bertz CT molecular complexity index is 1710. The van der Waals surface area contributed by atoms with Crippen LogP contribution >= 0.6 is 0 Å². The molecular weight excluding hydrogens is 577 g/mol. The fourth-order valence-corrected chi connectivity index (χ4v) is 4.77. The van der Waals surface area contributed by atoms with Crippen LogP contribution in [0, 0.1) is 0 Å². The Labute approximate surface area is 251 Å². The SMILES string of the molecule is NC(=O)c1ccc2c(c1)nc(OCCOCCCCNCc1cc(Cn3ccnc3)cc(OC(F)(F)F)c1)c1ccncc12. The molecular formula is C31H31F3N6O4. The maximum absolute atomic E-state index is 12.8. The van der Waals surface area contributed by atoms with Crippen LogP contribution in [-0.4, -0.2) is 58.2 Å². The number of carbonyl (C=O) groups excluding carboxylic acids is 1. The number of pyridine rings is 2. The van der Waals surface area contributed by atoms with Gasteiger partial charge in [-0.3, -0.25) is 9.78 Å². The highest BCUT2D eigenvalue weighted by Crippen LogP contribution is 2.30. The molecule has 10 nitrogen and oxygen atoms in total. The largest absolute Gasteiger partial charge is 0.573 e. The molecule has 0 fully saturated rings. The van der Waals surface area contributed by atoms with E-state index in [1.807, 2.05) is 12.1 Å². The highest BCUT2D eigenvalue weighted by atomic mass is 19.4. The third-order valence-electron chi connectivity index (χ3n) is 6.72. The second-order valence-corrected chi connectivity index (χ2v) is 10.0. The molecule has 0 unspecified atom stereocenters. The predicted octanol–water partition coefficient (Wildman–Crippen LogP) is 4.99. The van der Waals surface area contributed by atoms with Crippen molar-refractivity contribution >= 4 is 27.6 Å². The minimum atomic E-state index is -4.77. The van der Waals surface area contributed by atoms with Gasteiger partial charge in [0.25, 0.3) is 0 Å². The number of halogens is 3. The number of aromatic nitrogens is 4. The van der Waals surface area contributed by atoms with E-state index in [4.69, 9.17) is 15.2 Å². The third-order valence-corrected chi connectivity index (χ3v) is 6.72. The number of ether oxygens (including phenoxy) is 3. The summed E-state index contributed by atoms with van der Waals surface area (Å²) in [6.07, 6.45) is 5.18. The van der Waals surface area contributed by atoms with Crippen LogP contribution < -0.4 is 20.5 Å². The van der Waals surface area contributed by atoms with Gasteiger partial charge in [0.05, 0.1) is 18.5 Å². The molecule has 230 valence electrons. The second-order valence-electron chi connectivity index (χ2n) is 10.0. The minimum Gasteiger partial charge on any atom is -0.475 e. The first-order valence-corrected chi connectivity index (χ1v) is 14.0. The van der Waals surface area contributed by atoms with Gasteiger partial charge in [0.2, 0.25) is 11.8 Å². The summed E-state index contributed by atoms with van der Waals surface area (Å²) in [5, 5.41) is 5.76. The maximum atomic E-state index is 12.8. The molecule has 0 saturated carbocycles. The van der Waals surface area contributed by atoms with E-state index in [9.17, 15) is 18.0 Å². The van der Waals surface area contributed by atoms with Gasteiger partial charge in [-0.15, -0.1) is 13.2 Å². The molecule has 0 bridgehead atoms. The number of imidazole rings is 1. The third kappa shape index (κ3) is 8.42. The van der Waals surface area contributed by atoms with Gasteiger partial charge in [0.1, 0.15) is 12.4 Å². The van der Waals surface area contributed by atoms with E-state index in [0.717, 1.165) is 29.0 Å². The lowest BCUT2D eigenvalue weighted by atomic mass is 10.1. The number of hydrogen-bond donors (Lipinski definition) is 2. The molecule has 1 amide bonds. The topological polar surface area (TPSA) is 126 Å². The van der Waals surface area contributed by atoms with Gasteiger partial charge in [-0.05, 0) is 60.8 Å². The van der Waals surface area contributed by atoms with E-state index in [1.54, 1.807) is 53.9 Å². The van der Waals surface area contributed by atoms with Gasteiger partial charge < -0.3 is 29.8 Å². The zero-order chi connectivity index (χ0) is 30.9. The molecule has 0 aliphatic rings. The summed E-state index contributed by atoms with van der Waals surface area (Å²) in [5.41, 5.74) is 7.73. The number of fused-ring (bicyclic) bond motifs is 3. The molecule has 0 aliphatic heterocycles. The first-order chi connectivity index (χ1) is 21.2. The quantitative estimate of drug-likeness (QED) is 0.126. The van der Waals surface area contributed by atoms with Crippen molar-refractivity contribution in [2.45, 2.75) is 32.3 Å². The smallest absolute Gasteiger partial charge is 0.475 e. The van der Waals surface area contributed by atoms with E-state index < -0.39 is 12.3 Å². The average Bonchev–Trinajstić information content (AvgIpc) is 3.49. The van der Waals surface area contributed by atoms with Crippen molar-refractivity contribution in [1.82, 2.24) is 24.8 Å². The van der Waals surface area contributed by atoms with Gasteiger partial charge in [0, 0.05) is 66.2 Å². The highest BCUT2D eigenvalue weighted by molar-refractivity contribution is 6.09. The molecule has 3 heterocycles. The number of carbonyl (C=O) groups is 1. The fraction of sp³-hybridized carbons (Fsp3) is 0.290. The number of rotatable bonds is 15. The molecule has 5 aromatic rings. The average molecular weight is 609 g/mol. The zero-order valence-corrected chi connectivity index (χ0v) is 23.7. The molecule has 2 aromatic carbocycles. The number of amides is 1. The number of nitrogens with one attached hydrogen (secondary N) is 1. The van der Waals surface area contributed by atoms with Crippen LogP contribution in [0.25, 0.3) is 21.7 Å². The molecule has 0 aliphatic carbocycles. The van der Waals surface area contributed by atoms with Crippen molar-refractivity contribution in [2.24, 2.45) is 5.73 Å². The van der Waals surface area contributed by atoms with Gasteiger partial charge >= 0.3 is 6.36 Å². The maximum Gasteiger partial charge on any atom is 0.573 e. The van der Waals surface area contributed by atoms with Crippen molar-refractivity contribution in [3.8, 4) is 11.6 Å². The minimum absolute atomic E-state index is 0.249. The van der Waals surface area contributed by atoms with Crippen LogP contribution in [0.5, 0.6) is 11.6 Å². The standard InChI is InChI=1S/C31H31F3N6O4/c32-31(33,34)44-24-14-21(13-22(15-24)19-40-9-8-38-20-40)17-36-6-1-2-10-42-11-12-43-30-26-5-7-37-18-27(26)25-4-3-23(29(35)41)16-28(25)39-30/h3-5,7-9,13-16,18,20,36H,1-2,6,10-12,17,19H2,(H2,35,41). The number of alkyl halides is 3. The number of hydrogen-bond acceptors (Lipinski definition) is 8. The van der Waals surface area contributed by atoms with Crippen molar-refractivity contribution in [3.63, 3.8) is 0 Å². The number of nitrogens with two attached hydrogens (primary N) is 1. The van der Waals surface area contributed by atoms with Crippen LogP contribution in [0.4, 0.5) is 13.2 Å². The monoisotopic (exact) mass is 608 g/mol. The summed E-state index contributed by atoms with van der Waals surface area (Å²) in [6, 6.07) is 11.5. The summed E-state index contributed by atoms with van der Waals surface area (Å²) in [4.78, 5) is 24.4. The van der Waals surface area contributed by atoms with Crippen molar-refractivity contribution < 1.29 is 32.2 Å². The Morgan fingerprint density at radius 2 is 1.80 bits per heavy atom. The summed E-state index contributed by atoms with van der Waals surface area (Å²) >= 11 is 0. The van der Waals surface area contributed by atoms with Crippen LogP contribution in [0.3, 0.4) is 0 Å². The summed E-state index contributed by atoms with van der Waals surface area (Å²) in [7, 11) is 0. The molecule has 3 aromatic heterocycles. The van der Waals surface area contributed by atoms with E-state index in [-0.39, 0.29) is 12.4 Å². The van der Waals surface area contributed by atoms with Crippen LogP contribution in [0.2, 0.25) is 0 Å². The zero-order valence-electron chi connectivity index (χ0n) is 23.7.